The average molecular weight is 393 g/mol. The number of benzene rings is 1. The number of amides is 1. The highest BCUT2D eigenvalue weighted by molar-refractivity contribution is 9.10. The minimum atomic E-state index is -0.470. The number of ether oxygens (including phenoxy) is 1. The Balaban J connectivity index is 1.69. The molecule has 6 nitrogen and oxygen atoms in total. The summed E-state index contributed by atoms with van der Waals surface area (Å²) in [6, 6.07) is 5.93. The van der Waals surface area contributed by atoms with E-state index in [-0.39, 0.29) is 6.09 Å². The Morgan fingerprint density at radius 2 is 1.92 bits per heavy atom. The number of carbonyl (C=O) groups is 1. The van der Waals surface area contributed by atoms with Crippen molar-refractivity contribution in [2.24, 2.45) is 0 Å². The highest BCUT2D eigenvalue weighted by atomic mass is 79.9. The van der Waals surface area contributed by atoms with Crippen LogP contribution in [0.1, 0.15) is 20.8 Å². The smallest absolute Gasteiger partial charge is 0.410 e. The molecule has 7 heteroatoms. The second-order valence-electron chi connectivity index (χ2n) is 6.80. The molecule has 1 amide bonds. The summed E-state index contributed by atoms with van der Waals surface area (Å²) in [5.41, 5.74) is 0.430. The number of nitrogens with zero attached hydrogens (tertiary/aromatic N) is 4. The van der Waals surface area contributed by atoms with E-state index in [0.717, 1.165) is 15.4 Å². The van der Waals surface area contributed by atoms with Crippen LogP contribution in [0.3, 0.4) is 0 Å². The number of hydrogen-bond donors (Lipinski definition) is 0. The van der Waals surface area contributed by atoms with E-state index in [0.29, 0.717) is 32.1 Å². The van der Waals surface area contributed by atoms with Crippen LogP contribution in [-0.2, 0) is 4.74 Å². The number of fused-ring (bicyclic) bond motifs is 1. The zero-order valence-electron chi connectivity index (χ0n) is 14.1. The Labute approximate surface area is 149 Å². The fraction of sp³-hybridized carbons (Fsp3) is 0.471. The minimum Gasteiger partial charge on any atom is -0.444 e. The van der Waals surface area contributed by atoms with Crippen molar-refractivity contribution in [1.29, 1.82) is 0 Å². The van der Waals surface area contributed by atoms with Gasteiger partial charge in [0.25, 0.3) is 0 Å². The van der Waals surface area contributed by atoms with Crippen molar-refractivity contribution in [3.05, 3.63) is 28.9 Å². The van der Waals surface area contributed by atoms with Gasteiger partial charge in [-0.15, -0.1) is 0 Å². The maximum atomic E-state index is 12.1. The molecule has 128 valence electrons. The van der Waals surface area contributed by atoms with Gasteiger partial charge in [-0.05, 0) is 42.8 Å². The number of rotatable bonds is 1. The lowest BCUT2D eigenvalue weighted by Crippen LogP contribution is -2.50. The van der Waals surface area contributed by atoms with Crippen molar-refractivity contribution in [2.75, 3.05) is 31.1 Å². The normalized spacial score (nSPS) is 15.7. The molecule has 3 rings (SSSR count). The molecular formula is C17H21BrN4O2. The van der Waals surface area contributed by atoms with Gasteiger partial charge in [-0.2, -0.15) is 0 Å². The summed E-state index contributed by atoms with van der Waals surface area (Å²) >= 11 is 3.53. The van der Waals surface area contributed by atoms with Crippen molar-refractivity contribution in [3.63, 3.8) is 0 Å². The molecule has 0 atom stereocenters. The fourth-order valence-corrected chi connectivity index (χ4v) is 3.05. The first-order valence-corrected chi connectivity index (χ1v) is 8.77. The van der Waals surface area contributed by atoms with E-state index in [2.05, 4.69) is 30.8 Å². The summed E-state index contributed by atoms with van der Waals surface area (Å²) in [5.74, 6) is 0.693. The summed E-state index contributed by atoms with van der Waals surface area (Å²) in [7, 11) is 0. The number of halogens is 1. The molecule has 0 unspecified atom stereocenters. The van der Waals surface area contributed by atoms with E-state index < -0.39 is 5.60 Å². The van der Waals surface area contributed by atoms with Crippen LogP contribution >= 0.6 is 15.9 Å². The molecule has 0 saturated carbocycles. The quantitative estimate of drug-likeness (QED) is 0.743. The molecule has 1 aliphatic rings. The predicted molar refractivity (Wildman–Crippen MR) is 97.3 cm³/mol. The number of anilines is 1. The molecule has 0 N–H and O–H groups in total. The second-order valence-corrected chi connectivity index (χ2v) is 7.66. The van der Waals surface area contributed by atoms with E-state index in [4.69, 9.17) is 4.74 Å². The molecule has 1 fully saturated rings. The first kappa shape index (κ1) is 17.0. The van der Waals surface area contributed by atoms with Gasteiger partial charge in [-0.1, -0.05) is 12.1 Å². The maximum Gasteiger partial charge on any atom is 0.410 e. The number of carbonyl (C=O) groups excluding carboxylic acids is 1. The fourth-order valence-electron chi connectivity index (χ4n) is 2.58. The lowest BCUT2D eigenvalue weighted by Gasteiger charge is -2.35. The third-order valence-electron chi connectivity index (χ3n) is 3.76. The topological polar surface area (TPSA) is 58.6 Å². The lowest BCUT2D eigenvalue weighted by molar-refractivity contribution is 0.0240. The first-order valence-electron chi connectivity index (χ1n) is 7.98. The van der Waals surface area contributed by atoms with Gasteiger partial charge in [0.1, 0.15) is 5.60 Å². The van der Waals surface area contributed by atoms with Crippen LogP contribution < -0.4 is 4.90 Å². The standard InChI is InChI=1S/C17H21BrN4O2/c1-17(2,3)24-16(23)22-9-7-21(8-10-22)15-19-11-12-5-4-6-13(18)14(12)20-15/h4-6,11H,7-10H2,1-3H3. The molecular weight excluding hydrogens is 372 g/mol. The number of para-hydroxylation sites is 1. The Morgan fingerprint density at radius 1 is 1.21 bits per heavy atom. The van der Waals surface area contributed by atoms with E-state index in [9.17, 15) is 4.79 Å². The molecule has 2 aromatic rings. The van der Waals surface area contributed by atoms with Crippen molar-refractivity contribution in [1.82, 2.24) is 14.9 Å². The van der Waals surface area contributed by atoms with E-state index in [1.54, 1.807) is 4.90 Å². The predicted octanol–water partition coefficient (Wildman–Crippen LogP) is 3.45. The second kappa shape index (κ2) is 6.55. The van der Waals surface area contributed by atoms with Crippen LogP contribution in [0.5, 0.6) is 0 Å². The SMILES string of the molecule is CC(C)(C)OC(=O)N1CCN(c2ncc3cccc(Br)c3n2)CC1. The van der Waals surface area contributed by atoms with Gasteiger partial charge in [0.15, 0.2) is 0 Å². The molecule has 0 spiro atoms. The largest absolute Gasteiger partial charge is 0.444 e. The highest BCUT2D eigenvalue weighted by Gasteiger charge is 2.26. The number of piperazine rings is 1. The van der Waals surface area contributed by atoms with Gasteiger partial charge in [-0.25, -0.2) is 14.8 Å². The highest BCUT2D eigenvalue weighted by Crippen LogP contribution is 2.23. The third kappa shape index (κ3) is 3.77. The van der Waals surface area contributed by atoms with Crippen LogP contribution in [0.4, 0.5) is 10.7 Å². The molecule has 0 bridgehead atoms. The minimum absolute atomic E-state index is 0.260. The zero-order valence-corrected chi connectivity index (χ0v) is 15.7. The lowest BCUT2D eigenvalue weighted by atomic mass is 10.2. The molecule has 0 radical (unpaired) electrons. The van der Waals surface area contributed by atoms with Crippen LogP contribution in [0.15, 0.2) is 28.9 Å². The zero-order chi connectivity index (χ0) is 17.3. The Hall–Kier alpha value is -1.89. The maximum absolute atomic E-state index is 12.1. The van der Waals surface area contributed by atoms with E-state index >= 15 is 0 Å². The van der Waals surface area contributed by atoms with Gasteiger partial charge >= 0.3 is 6.09 Å². The molecule has 1 aromatic heterocycles. The number of hydrogen-bond acceptors (Lipinski definition) is 5. The van der Waals surface area contributed by atoms with E-state index in [1.807, 2.05) is 45.2 Å². The van der Waals surface area contributed by atoms with Crippen LogP contribution in [0.2, 0.25) is 0 Å². The summed E-state index contributed by atoms with van der Waals surface area (Å²) in [4.78, 5) is 25.1. The average Bonchev–Trinajstić information content (AvgIpc) is 2.53. The Kier molecular flexibility index (Phi) is 4.62. The Bertz CT molecular complexity index is 752. The van der Waals surface area contributed by atoms with Crippen LogP contribution in [-0.4, -0.2) is 52.7 Å². The summed E-state index contributed by atoms with van der Waals surface area (Å²) < 4.78 is 6.38. The summed E-state index contributed by atoms with van der Waals surface area (Å²) in [5, 5.41) is 1.00. The van der Waals surface area contributed by atoms with Crippen LogP contribution in [0.25, 0.3) is 10.9 Å². The Morgan fingerprint density at radius 3 is 2.58 bits per heavy atom. The van der Waals surface area contributed by atoms with Gasteiger partial charge < -0.3 is 14.5 Å². The van der Waals surface area contributed by atoms with Gasteiger partial charge in [0.05, 0.1) is 5.52 Å². The van der Waals surface area contributed by atoms with Gasteiger partial charge in [-0.3, -0.25) is 0 Å². The first-order chi connectivity index (χ1) is 11.3. The molecule has 0 aliphatic carbocycles. The van der Waals surface area contributed by atoms with Crippen molar-refractivity contribution < 1.29 is 9.53 Å². The van der Waals surface area contributed by atoms with Crippen LogP contribution in [0, 0.1) is 0 Å². The molecule has 1 saturated heterocycles. The summed E-state index contributed by atoms with van der Waals surface area (Å²) in [6.07, 6.45) is 1.58. The summed E-state index contributed by atoms with van der Waals surface area (Å²) in [6.45, 7) is 8.22. The molecule has 2 heterocycles. The van der Waals surface area contributed by atoms with Crippen molar-refractivity contribution >= 4 is 38.9 Å². The third-order valence-corrected chi connectivity index (χ3v) is 4.40. The van der Waals surface area contributed by atoms with Gasteiger partial charge in [0.2, 0.25) is 5.95 Å². The van der Waals surface area contributed by atoms with Crippen molar-refractivity contribution in [3.8, 4) is 0 Å². The molecule has 1 aromatic carbocycles. The molecule has 24 heavy (non-hydrogen) atoms. The van der Waals surface area contributed by atoms with E-state index in [1.165, 1.54) is 0 Å². The number of aromatic nitrogens is 2. The van der Waals surface area contributed by atoms with Gasteiger partial charge in [0, 0.05) is 42.2 Å². The monoisotopic (exact) mass is 392 g/mol. The molecule has 1 aliphatic heterocycles. The van der Waals surface area contributed by atoms with Crippen molar-refractivity contribution in [2.45, 2.75) is 26.4 Å².